The molecule has 35 nitrogen and oxygen atoms in total. The highest BCUT2D eigenvalue weighted by Gasteiger charge is 2.43. The van der Waals surface area contributed by atoms with Crippen molar-refractivity contribution in [2.45, 2.75) is 307 Å². The smallest absolute Gasteiger partial charge is 0.408 e. The first-order valence-electron chi connectivity index (χ1n) is 42.6. The van der Waals surface area contributed by atoms with E-state index in [1.165, 1.54) is 74.8 Å². The number of ether oxygens (including phenoxy) is 9. The van der Waals surface area contributed by atoms with Gasteiger partial charge in [0.15, 0.2) is 11.9 Å². The molecule has 1 saturated heterocycles. The summed E-state index contributed by atoms with van der Waals surface area (Å²) in [5.74, 6) is -9.89. The number of benzene rings is 3. The molecule has 9 amide bonds. The number of aliphatic hydroxyl groups is 2. The van der Waals surface area contributed by atoms with Crippen molar-refractivity contribution in [3.8, 4) is 11.5 Å². The van der Waals surface area contributed by atoms with Crippen molar-refractivity contribution in [1.29, 1.82) is 0 Å². The average molecular weight is 1770 g/mol. The number of nitrogens with one attached hydrogen (secondary N) is 8. The third-order valence-electron chi connectivity index (χ3n) is 20.0. The van der Waals surface area contributed by atoms with Crippen LogP contribution < -0.4 is 52.0 Å². The second-order valence-corrected chi connectivity index (χ2v) is 35.7. The van der Waals surface area contributed by atoms with Gasteiger partial charge >= 0.3 is 42.0 Å². The Balaban J connectivity index is 0.000000658. The van der Waals surface area contributed by atoms with Crippen LogP contribution in [0.4, 0.5) is 9.59 Å². The van der Waals surface area contributed by atoms with Gasteiger partial charge in [-0.3, -0.25) is 47.9 Å². The third-order valence-corrected chi connectivity index (χ3v) is 20.0. The third kappa shape index (κ3) is 38.1. The van der Waals surface area contributed by atoms with E-state index in [0.717, 1.165) is 10.5 Å². The maximum atomic E-state index is 14.2. The number of nitrogens with zero attached hydrogens (tertiary/aromatic N) is 2. The lowest BCUT2D eigenvalue weighted by molar-refractivity contribution is -0.161. The zero-order valence-corrected chi connectivity index (χ0v) is 78.4. The summed E-state index contributed by atoms with van der Waals surface area (Å²) in [6.45, 7) is 38.0. The number of amides is 9. The number of rotatable bonds is 33. The molecule has 15 atom stereocenters. The Bertz CT molecular complexity index is 4120. The Kier molecular flexibility index (Phi) is 44.8. The van der Waals surface area contributed by atoms with Gasteiger partial charge in [0.05, 0.1) is 51.4 Å². The monoisotopic (exact) mass is 1770 g/mol. The van der Waals surface area contributed by atoms with Crippen LogP contribution in [0.2, 0.25) is 0 Å². The maximum Gasteiger partial charge on any atom is 0.408 e. The molecule has 1 aliphatic rings. The van der Waals surface area contributed by atoms with Crippen LogP contribution in [0.5, 0.6) is 11.5 Å². The van der Waals surface area contributed by atoms with Gasteiger partial charge in [-0.25, -0.2) is 19.2 Å². The summed E-state index contributed by atoms with van der Waals surface area (Å²) in [6.07, 6.45) is -9.71. The number of carbonyl (C=O) groups excluding carboxylic acids is 14. The second-order valence-electron chi connectivity index (χ2n) is 35.7. The Labute approximate surface area is 741 Å². The minimum absolute atomic E-state index is 0.0575. The summed E-state index contributed by atoms with van der Waals surface area (Å²) < 4.78 is 49.5. The quantitative estimate of drug-likeness (QED) is 0.0162. The first-order valence-corrected chi connectivity index (χ1v) is 42.6. The van der Waals surface area contributed by atoms with Gasteiger partial charge in [0, 0.05) is 46.4 Å². The van der Waals surface area contributed by atoms with Crippen molar-refractivity contribution in [2.24, 2.45) is 29.6 Å². The topological polar surface area (TPSA) is 465 Å². The van der Waals surface area contributed by atoms with Gasteiger partial charge in [0.1, 0.15) is 83.8 Å². The van der Waals surface area contributed by atoms with Crippen molar-refractivity contribution < 1.29 is 120 Å². The molecule has 0 aromatic heterocycles. The van der Waals surface area contributed by atoms with E-state index in [-0.39, 0.29) is 44.2 Å². The zero-order valence-electron chi connectivity index (χ0n) is 78.4. The lowest BCUT2D eigenvalue weighted by Gasteiger charge is -2.33. The fourth-order valence-corrected chi connectivity index (χ4v) is 13.1. The summed E-state index contributed by atoms with van der Waals surface area (Å²) in [5.41, 5.74) is 0.498. The van der Waals surface area contributed by atoms with Crippen molar-refractivity contribution >= 4 is 83.4 Å². The van der Waals surface area contributed by atoms with E-state index in [2.05, 4.69) is 42.5 Å². The molecule has 126 heavy (non-hydrogen) atoms. The molecule has 3 aromatic rings. The first kappa shape index (κ1) is 109. The van der Waals surface area contributed by atoms with Gasteiger partial charge in [-0.2, -0.15) is 0 Å². The highest BCUT2D eigenvalue weighted by molar-refractivity contribution is 5.99. The second kappa shape index (κ2) is 51.6. The number of likely N-dealkylation sites (N-methyl/N-ethyl adjacent to an activating group) is 2. The molecule has 4 rings (SSSR count). The normalized spacial score (nSPS) is 19.7. The zero-order chi connectivity index (χ0) is 95.7. The standard InChI is InChI=1S/C50H77N5O13.C41H63N5O12/c1-29(2)24-37(27-51-32(7)47(61)65-28-36-18-16-15-17-19-36)52-46(60)44(31(5)6)67-41(58)26-40(57)42(30(3)4)53-45(59)43(54-49(63)68-50(10,11)12)33(8)66-48(62)39(55(13)34(9)56)25-35-20-22-38(64-14)23-21-35;1-21(2)18-28-35(49)42-24(7)38(52)46(12)29(19-26-14-16-27(55-13)17-15-26)39(53)56-25(8)33(45-40(54)58-41(9,10)11)36(50)44-32(22(3)4)30(47)20-31(48)57-34(23(5)6)37(51)43-28/h15-23,29-33,37,39-40,42-44,51,57H,24-28H2,1-14H3,(H,52,60)(H,53,59)(H,54,63);14-17,21-22,24-25,28-30,32-33,47H,18-20H2,1-13H3,(H,42,49)(H,43,51)(H,44,50)(H,45,54)/t32-,33+,37-,39-,40-,42+,43-,44-;24-,25+,28-,29-,30-,32+,33-/m00/s1. The molecule has 0 aliphatic carbocycles. The number of methoxy groups -OCH3 is 2. The number of cyclic esters (lactones) is 2. The summed E-state index contributed by atoms with van der Waals surface area (Å²) in [7, 11) is 5.82. The van der Waals surface area contributed by atoms with E-state index in [0.29, 0.717) is 34.6 Å². The molecule has 0 saturated carbocycles. The van der Waals surface area contributed by atoms with Crippen LogP contribution in [-0.4, -0.2) is 240 Å². The van der Waals surface area contributed by atoms with Crippen molar-refractivity contribution in [3.05, 3.63) is 107 Å². The molecular formula is C91H140N10O25. The van der Waals surface area contributed by atoms with E-state index in [1.807, 2.05) is 58.0 Å². The van der Waals surface area contributed by atoms with Crippen molar-refractivity contribution in [2.75, 3.05) is 34.9 Å². The predicted octanol–water partition coefficient (Wildman–Crippen LogP) is 7.29. The van der Waals surface area contributed by atoms with Crippen LogP contribution >= 0.6 is 0 Å². The van der Waals surface area contributed by atoms with Crippen LogP contribution in [0.25, 0.3) is 0 Å². The largest absolute Gasteiger partial charge is 0.497 e. The van der Waals surface area contributed by atoms with Gasteiger partial charge in [-0.05, 0) is 172 Å². The number of hydrogen-bond acceptors (Lipinski definition) is 26. The predicted molar refractivity (Wildman–Crippen MR) is 468 cm³/mol. The van der Waals surface area contributed by atoms with Crippen LogP contribution in [0.1, 0.15) is 202 Å². The highest BCUT2D eigenvalue weighted by atomic mass is 16.6. The summed E-state index contributed by atoms with van der Waals surface area (Å²) in [4.78, 5) is 191. The molecule has 1 aliphatic heterocycles. The molecule has 1 fully saturated rings. The molecule has 0 radical (unpaired) electrons. The Morgan fingerprint density at radius 2 is 1.22 bits per heavy atom. The van der Waals surface area contributed by atoms with E-state index < -0.39 is 222 Å². The summed E-state index contributed by atoms with van der Waals surface area (Å²) in [5, 5.41) is 44.4. The average Bonchev–Trinajstić information content (AvgIpc) is 1.23. The van der Waals surface area contributed by atoms with Crippen LogP contribution in [-0.2, 0) is 110 Å². The number of alkyl carbamates (subject to hydrolysis) is 2. The lowest BCUT2D eigenvalue weighted by atomic mass is 9.95. The molecule has 0 unspecified atom stereocenters. The first-order chi connectivity index (χ1) is 58.6. The summed E-state index contributed by atoms with van der Waals surface area (Å²) >= 11 is 0. The SMILES string of the molecule is COc1ccc(C[C@@H](C(=O)O[C@H](C)[C@H](NC(=O)OC(C)(C)C)C(=O)N[C@H](C(C)C)[C@@H](O)CC(=O)O[C@H](C(=O)N[C@H](CN[C@@H](C)C(=O)OCc2ccccc2)CC(C)C)C(C)C)N(C)C(C)=O)cc1.COc1ccc(C[C@H]2C(=O)O[C@H](C)[C@H](NC(=O)OC(C)(C)C)C(=O)N[C@H](C(C)C)[C@@H](O)CC(=O)OC(=C(C)C)C(=O)N[C@@H](CC(C)C)C(=O)N[C@@H](C)C(=O)N2C)cc1. The minimum Gasteiger partial charge on any atom is -0.497 e. The Hall–Kier alpha value is -10.9. The number of allylic oxidation sites excluding steroid dienone is 1. The van der Waals surface area contributed by atoms with Crippen molar-refractivity contribution in [3.63, 3.8) is 0 Å². The molecule has 0 spiro atoms. The van der Waals surface area contributed by atoms with Gasteiger partial charge < -0.3 is 105 Å². The molecule has 1 heterocycles. The van der Waals surface area contributed by atoms with Crippen molar-refractivity contribution in [1.82, 2.24) is 52.3 Å². The molecule has 3 aromatic carbocycles. The number of esters is 5. The van der Waals surface area contributed by atoms with Gasteiger partial charge in [-0.1, -0.05) is 124 Å². The number of hydrogen-bond donors (Lipinski definition) is 10. The van der Waals surface area contributed by atoms with Gasteiger partial charge in [0.25, 0.3) is 11.8 Å². The molecule has 35 heteroatoms. The minimum atomic E-state index is -1.60. The Morgan fingerprint density at radius 3 is 1.73 bits per heavy atom. The maximum absolute atomic E-state index is 14.2. The van der Waals surface area contributed by atoms with Gasteiger partial charge in [-0.15, -0.1) is 0 Å². The molecule has 704 valence electrons. The van der Waals surface area contributed by atoms with Crippen LogP contribution in [0, 0.1) is 29.6 Å². The van der Waals surface area contributed by atoms with Crippen LogP contribution in [0.3, 0.4) is 0 Å². The molecular weight excluding hydrogens is 1630 g/mol. The molecule has 0 bridgehead atoms. The fraction of sp³-hybridized carbons (Fsp3) is 0.626. The fourth-order valence-electron chi connectivity index (χ4n) is 13.1. The Morgan fingerprint density at radius 1 is 0.659 bits per heavy atom. The highest BCUT2D eigenvalue weighted by Crippen LogP contribution is 2.24. The van der Waals surface area contributed by atoms with Crippen LogP contribution in [0.15, 0.2) is 90.2 Å². The summed E-state index contributed by atoms with van der Waals surface area (Å²) in [6, 6.07) is 11.6. The van der Waals surface area contributed by atoms with E-state index in [4.69, 9.17) is 42.6 Å². The van der Waals surface area contributed by atoms with E-state index >= 15 is 0 Å². The van der Waals surface area contributed by atoms with E-state index in [9.17, 15) is 77.3 Å². The van der Waals surface area contributed by atoms with Gasteiger partial charge in [0.2, 0.25) is 29.5 Å². The number of carbonyl (C=O) groups is 14. The lowest BCUT2D eigenvalue weighted by Crippen LogP contribution is -2.59. The molecule has 10 N–H and O–H groups in total. The number of aliphatic hydroxyl groups excluding tert-OH is 2. The van der Waals surface area contributed by atoms with E-state index in [1.54, 1.807) is 139 Å².